The molecule has 0 saturated carbocycles. The SMILES string of the molecule is COCCn1nc(C(=O)NCCN2C[C@@H](C)O[C@H](C)C2)ccc1=O. The minimum atomic E-state index is -0.282. The van der Waals surface area contributed by atoms with E-state index in [2.05, 4.69) is 29.2 Å². The Morgan fingerprint density at radius 3 is 2.71 bits per heavy atom. The zero-order chi connectivity index (χ0) is 17.5. The van der Waals surface area contributed by atoms with E-state index in [9.17, 15) is 9.59 Å². The maximum atomic E-state index is 12.2. The molecule has 1 aromatic rings. The number of nitrogens with one attached hydrogen (secondary N) is 1. The summed E-state index contributed by atoms with van der Waals surface area (Å²) in [5.74, 6) is -0.282. The molecule has 0 unspecified atom stereocenters. The summed E-state index contributed by atoms with van der Waals surface area (Å²) in [6.45, 7) is 7.79. The van der Waals surface area contributed by atoms with Crippen LogP contribution in [0.15, 0.2) is 16.9 Å². The van der Waals surface area contributed by atoms with Gasteiger partial charge in [0.25, 0.3) is 11.5 Å². The summed E-state index contributed by atoms with van der Waals surface area (Å²) in [5, 5.41) is 6.93. The number of hydrogen-bond donors (Lipinski definition) is 1. The second-order valence-corrected chi connectivity index (χ2v) is 6.05. The van der Waals surface area contributed by atoms with Crippen molar-refractivity contribution < 1.29 is 14.3 Å². The van der Waals surface area contributed by atoms with Gasteiger partial charge in [-0.25, -0.2) is 4.68 Å². The largest absolute Gasteiger partial charge is 0.383 e. The molecule has 8 nitrogen and oxygen atoms in total. The number of amides is 1. The van der Waals surface area contributed by atoms with E-state index in [0.29, 0.717) is 19.7 Å². The fourth-order valence-corrected chi connectivity index (χ4v) is 2.79. The van der Waals surface area contributed by atoms with Gasteiger partial charge in [-0.3, -0.25) is 14.5 Å². The lowest BCUT2D eigenvalue weighted by Gasteiger charge is -2.35. The Morgan fingerprint density at radius 2 is 2.04 bits per heavy atom. The van der Waals surface area contributed by atoms with E-state index in [1.54, 1.807) is 7.11 Å². The molecule has 24 heavy (non-hydrogen) atoms. The molecule has 1 aliphatic rings. The highest BCUT2D eigenvalue weighted by Crippen LogP contribution is 2.09. The number of morpholine rings is 1. The summed E-state index contributed by atoms with van der Waals surface area (Å²) >= 11 is 0. The van der Waals surface area contributed by atoms with Crippen LogP contribution in [-0.4, -0.2) is 72.7 Å². The topological polar surface area (TPSA) is 85.7 Å². The Morgan fingerprint density at radius 1 is 1.33 bits per heavy atom. The van der Waals surface area contributed by atoms with Gasteiger partial charge < -0.3 is 14.8 Å². The summed E-state index contributed by atoms with van der Waals surface area (Å²) in [4.78, 5) is 26.1. The highest BCUT2D eigenvalue weighted by Gasteiger charge is 2.21. The fourth-order valence-electron chi connectivity index (χ4n) is 2.79. The van der Waals surface area contributed by atoms with E-state index in [-0.39, 0.29) is 29.4 Å². The van der Waals surface area contributed by atoms with Crippen LogP contribution in [0.4, 0.5) is 0 Å². The van der Waals surface area contributed by atoms with Gasteiger partial charge in [-0.15, -0.1) is 0 Å². The first-order valence-corrected chi connectivity index (χ1v) is 8.22. The van der Waals surface area contributed by atoms with Crippen LogP contribution in [0.2, 0.25) is 0 Å². The van der Waals surface area contributed by atoms with Crippen LogP contribution in [0, 0.1) is 0 Å². The number of aromatic nitrogens is 2. The predicted molar refractivity (Wildman–Crippen MR) is 89.2 cm³/mol. The van der Waals surface area contributed by atoms with Gasteiger partial charge in [0, 0.05) is 39.4 Å². The Balaban J connectivity index is 1.85. The van der Waals surface area contributed by atoms with E-state index in [0.717, 1.165) is 19.6 Å². The average Bonchev–Trinajstić information content (AvgIpc) is 2.53. The smallest absolute Gasteiger partial charge is 0.271 e. The van der Waals surface area contributed by atoms with E-state index >= 15 is 0 Å². The van der Waals surface area contributed by atoms with E-state index in [1.165, 1.54) is 16.8 Å². The second-order valence-electron chi connectivity index (χ2n) is 6.05. The molecular weight excluding hydrogens is 312 g/mol. The average molecular weight is 338 g/mol. The zero-order valence-electron chi connectivity index (χ0n) is 14.5. The first-order chi connectivity index (χ1) is 11.5. The molecule has 1 saturated heterocycles. The number of nitrogens with zero attached hydrogens (tertiary/aromatic N) is 3. The van der Waals surface area contributed by atoms with Gasteiger partial charge in [-0.2, -0.15) is 5.10 Å². The van der Waals surface area contributed by atoms with Gasteiger partial charge in [0.15, 0.2) is 0 Å². The first-order valence-electron chi connectivity index (χ1n) is 8.22. The molecule has 1 aromatic heterocycles. The monoisotopic (exact) mass is 338 g/mol. The third-order valence-corrected chi connectivity index (χ3v) is 3.82. The quantitative estimate of drug-likeness (QED) is 0.737. The van der Waals surface area contributed by atoms with Gasteiger partial charge in [0.1, 0.15) is 5.69 Å². The third-order valence-electron chi connectivity index (χ3n) is 3.82. The highest BCUT2D eigenvalue weighted by molar-refractivity contribution is 5.91. The van der Waals surface area contributed by atoms with E-state index in [1.807, 2.05) is 0 Å². The molecule has 0 aromatic carbocycles. The van der Waals surface area contributed by atoms with Crippen molar-refractivity contribution >= 4 is 5.91 Å². The molecule has 0 aliphatic carbocycles. The molecule has 1 N–H and O–H groups in total. The van der Waals surface area contributed by atoms with Crippen LogP contribution >= 0.6 is 0 Å². The molecule has 1 amide bonds. The maximum Gasteiger partial charge on any atom is 0.271 e. The van der Waals surface area contributed by atoms with Crippen molar-refractivity contribution in [1.82, 2.24) is 20.0 Å². The molecule has 2 heterocycles. The van der Waals surface area contributed by atoms with Crippen LogP contribution in [-0.2, 0) is 16.0 Å². The number of rotatable bonds is 7. The molecule has 2 rings (SSSR count). The first kappa shape index (κ1) is 18.6. The Kier molecular flexibility index (Phi) is 6.89. The van der Waals surface area contributed by atoms with Crippen molar-refractivity contribution in [3.8, 4) is 0 Å². The van der Waals surface area contributed by atoms with Crippen molar-refractivity contribution in [2.24, 2.45) is 0 Å². The number of carbonyl (C=O) groups excluding carboxylic acids is 1. The van der Waals surface area contributed by atoms with Crippen molar-refractivity contribution in [1.29, 1.82) is 0 Å². The van der Waals surface area contributed by atoms with Gasteiger partial charge in [0.2, 0.25) is 0 Å². The van der Waals surface area contributed by atoms with E-state index in [4.69, 9.17) is 9.47 Å². The summed E-state index contributed by atoms with van der Waals surface area (Å²) in [5.41, 5.74) is -0.0192. The number of hydrogen-bond acceptors (Lipinski definition) is 6. The van der Waals surface area contributed by atoms with Crippen LogP contribution < -0.4 is 10.9 Å². The molecule has 134 valence electrons. The molecular formula is C16H26N4O4. The molecule has 1 fully saturated rings. The van der Waals surface area contributed by atoms with E-state index < -0.39 is 0 Å². The summed E-state index contributed by atoms with van der Waals surface area (Å²) in [6.07, 6.45) is 0.408. The molecule has 0 bridgehead atoms. The lowest BCUT2D eigenvalue weighted by atomic mass is 10.2. The van der Waals surface area contributed by atoms with Crippen molar-refractivity contribution in [3.63, 3.8) is 0 Å². The van der Waals surface area contributed by atoms with Gasteiger partial charge in [-0.05, 0) is 19.9 Å². The molecule has 1 aliphatic heterocycles. The van der Waals surface area contributed by atoms with Gasteiger partial charge in [0.05, 0.1) is 25.4 Å². The Bertz CT molecular complexity index is 594. The van der Waals surface area contributed by atoms with Gasteiger partial charge >= 0.3 is 0 Å². The minimum absolute atomic E-state index is 0.204. The lowest BCUT2D eigenvalue weighted by molar-refractivity contribution is -0.0672. The highest BCUT2D eigenvalue weighted by atomic mass is 16.5. The molecule has 8 heteroatoms. The van der Waals surface area contributed by atoms with Crippen molar-refractivity contribution in [2.75, 3.05) is 39.9 Å². The van der Waals surface area contributed by atoms with Crippen LogP contribution in [0.3, 0.4) is 0 Å². The lowest BCUT2D eigenvalue weighted by Crippen LogP contribution is -2.48. The number of ether oxygens (including phenoxy) is 2. The predicted octanol–water partition coefficient (Wildman–Crippen LogP) is -0.271. The van der Waals surface area contributed by atoms with Crippen molar-refractivity contribution in [2.45, 2.75) is 32.6 Å². The maximum absolute atomic E-state index is 12.2. The molecule has 0 spiro atoms. The van der Waals surface area contributed by atoms with Crippen LogP contribution in [0.1, 0.15) is 24.3 Å². The van der Waals surface area contributed by atoms with Gasteiger partial charge in [-0.1, -0.05) is 0 Å². The van der Waals surface area contributed by atoms with Crippen molar-refractivity contribution in [3.05, 3.63) is 28.2 Å². The number of methoxy groups -OCH3 is 1. The van der Waals surface area contributed by atoms with Crippen LogP contribution in [0.25, 0.3) is 0 Å². The summed E-state index contributed by atoms with van der Waals surface area (Å²) in [6, 6.07) is 2.79. The molecule has 0 radical (unpaired) electrons. The third kappa shape index (κ3) is 5.40. The standard InChI is InChI=1S/C16H26N4O4/c1-12-10-19(11-13(2)24-12)7-6-17-16(22)14-4-5-15(21)20(18-14)8-9-23-3/h4-5,12-13H,6-11H2,1-3H3,(H,17,22)/t12-,13-/m1/s1. The fraction of sp³-hybridized carbons (Fsp3) is 0.688. The number of carbonyl (C=O) groups is 1. The zero-order valence-corrected chi connectivity index (χ0v) is 14.5. The Labute approximate surface area is 141 Å². The Hall–Kier alpha value is -1.77. The summed E-state index contributed by atoms with van der Waals surface area (Å²) in [7, 11) is 1.55. The minimum Gasteiger partial charge on any atom is -0.383 e. The molecule has 2 atom stereocenters. The normalized spacial score (nSPS) is 21.6. The second kappa shape index (κ2) is 8.91. The van der Waals surface area contributed by atoms with Crippen LogP contribution in [0.5, 0.6) is 0 Å². The summed E-state index contributed by atoms with van der Waals surface area (Å²) < 4.78 is 11.9.